The summed E-state index contributed by atoms with van der Waals surface area (Å²) in [5.41, 5.74) is 5.56. The van der Waals surface area contributed by atoms with Crippen molar-refractivity contribution in [2.75, 3.05) is 13.1 Å². The molecule has 0 bridgehead atoms. The molecule has 9 heteroatoms. The van der Waals surface area contributed by atoms with Crippen LogP contribution in [0, 0.1) is 0 Å². The number of alkyl carbamates (subject to hydrolysis) is 1. The van der Waals surface area contributed by atoms with E-state index in [0.717, 1.165) is 28.7 Å². The molecule has 0 heterocycles. The second-order valence-corrected chi connectivity index (χ2v) is 10.9. The van der Waals surface area contributed by atoms with Crippen molar-refractivity contribution in [3.05, 3.63) is 102 Å². The van der Waals surface area contributed by atoms with E-state index in [1.807, 2.05) is 60.7 Å². The molecular formula is C29H31N3O5S. The lowest BCUT2D eigenvalue weighted by atomic mass is 10.1. The summed E-state index contributed by atoms with van der Waals surface area (Å²) >= 11 is 0. The Labute approximate surface area is 223 Å². The van der Waals surface area contributed by atoms with E-state index in [2.05, 4.69) is 21.9 Å². The molecule has 0 fully saturated rings. The summed E-state index contributed by atoms with van der Waals surface area (Å²) in [5.74, 6) is -0.412. The zero-order chi connectivity index (χ0) is 27.1. The van der Waals surface area contributed by atoms with Crippen LogP contribution >= 0.6 is 0 Å². The number of carbonyl (C=O) groups is 2. The van der Waals surface area contributed by atoms with Gasteiger partial charge in [-0.3, -0.25) is 4.79 Å². The van der Waals surface area contributed by atoms with Crippen LogP contribution in [0.25, 0.3) is 11.1 Å². The van der Waals surface area contributed by atoms with Gasteiger partial charge >= 0.3 is 6.09 Å². The van der Waals surface area contributed by atoms with Gasteiger partial charge in [-0.2, -0.15) is 0 Å². The van der Waals surface area contributed by atoms with E-state index in [4.69, 9.17) is 4.74 Å². The molecule has 0 spiro atoms. The highest BCUT2D eigenvalue weighted by atomic mass is 32.2. The van der Waals surface area contributed by atoms with Gasteiger partial charge in [0.15, 0.2) is 0 Å². The Balaban J connectivity index is 1.25. The Morgan fingerprint density at radius 2 is 1.66 bits per heavy atom. The molecule has 3 aromatic carbocycles. The van der Waals surface area contributed by atoms with Gasteiger partial charge in [0.1, 0.15) is 12.6 Å². The van der Waals surface area contributed by atoms with Gasteiger partial charge in [-0.15, -0.1) is 0 Å². The summed E-state index contributed by atoms with van der Waals surface area (Å²) in [5, 5.41) is 5.24. The molecule has 38 heavy (non-hydrogen) atoms. The second kappa shape index (κ2) is 12.1. The fourth-order valence-corrected chi connectivity index (χ4v) is 5.29. The average Bonchev–Trinajstić information content (AvgIpc) is 3.31. The van der Waals surface area contributed by atoms with E-state index in [0.29, 0.717) is 12.0 Å². The zero-order valence-electron chi connectivity index (χ0n) is 21.2. The van der Waals surface area contributed by atoms with Crippen LogP contribution in [0.2, 0.25) is 0 Å². The molecule has 0 aliphatic heterocycles. The van der Waals surface area contributed by atoms with E-state index in [1.54, 1.807) is 19.1 Å². The van der Waals surface area contributed by atoms with Crippen molar-refractivity contribution in [3.63, 3.8) is 0 Å². The van der Waals surface area contributed by atoms with E-state index in [1.165, 1.54) is 5.56 Å². The minimum Gasteiger partial charge on any atom is -0.445 e. The van der Waals surface area contributed by atoms with E-state index < -0.39 is 28.1 Å². The van der Waals surface area contributed by atoms with Crippen LogP contribution in [0.5, 0.6) is 0 Å². The number of amides is 2. The largest absolute Gasteiger partial charge is 0.445 e. The smallest absolute Gasteiger partial charge is 0.408 e. The number of nitrogens with one attached hydrogen (secondary N) is 3. The predicted molar refractivity (Wildman–Crippen MR) is 146 cm³/mol. The third-order valence-corrected chi connectivity index (χ3v) is 7.73. The first kappa shape index (κ1) is 27.1. The van der Waals surface area contributed by atoms with Crippen molar-refractivity contribution in [3.8, 4) is 11.1 Å². The number of fused-ring (bicyclic) bond motifs is 3. The molecule has 2 amide bonds. The number of hydrogen-bond acceptors (Lipinski definition) is 5. The molecule has 4 rings (SSSR count). The van der Waals surface area contributed by atoms with E-state index >= 15 is 0 Å². The van der Waals surface area contributed by atoms with Crippen molar-refractivity contribution >= 4 is 22.0 Å². The first-order chi connectivity index (χ1) is 18.3. The van der Waals surface area contributed by atoms with Crippen LogP contribution < -0.4 is 15.4 Å². The molecule has 1 aliphatic carbocycles. The van der Waals surface area contributed by atoms with Crippen LogP contribution in [-0.2, 0) is 32.6 Å². The van der Waals surface area contributed by atoms with Crippen LogP contribution in [0.3, 0.4) is 0 Å². The van der Waals surface area contributed by atoms with Gasteiger partial charge in [-0.05, 0) is 58.4 Å². The lowest BCUT2D eigenvalue weighted by Crippen LogP contribution is -2.47. The second-order valence-electron chi connectivity index (χ2n) is 9.11. The van der Waals surface area contributed by atoms with Crippen LogP contribution in [-0.4, -0.2) is 39.5 Å². The zero-order valence-corrected chi connectivity index (χ0v) is 22.0. The highest BCUT2D eigenvalue weighted by Crippen LogP contribution is 2.37. The van der Waals surface area contributed by atoms with Gasteiger partial charge in [0, 0.05) is 13.1 Å². The lowest BCUT2D eigenvalue weighted by Gasteiger charge is -2.17. The van der Waals surface area contributed by atoms with Crippen molar-refractivity contribution < 1.29 is 22.7 Å². The Hall–Kier alpha value is -3.95. The fourth-order valence-electron chi connectivity index (χ4n) is 4.21. The highest BCUT2D eigenvalue weighted by molar-refractivity contribution is 7.89. The number of hydrogen-bond donors (Lipinski definition) is 3. The first-order valence-electron chi connectivity index (χ1n) is 12.4. The maximum atomic E-state index is 12.9. The Bertz CT molecular complexity index is 1440. The average molecular weight is 534 g/mol. The summed E-state index contributed by atoms with van der Waals surface area (Å²) in [4.78, 5) is 24.8. The molecule has 0 aromatic heterocycles. The normalized spacial score (nSPS) is 12.7. The summed E-state index contributed by atoms with van der Waals surface area (Å²) in [7, 11) is -3.78. The number of benzene rings is 3. The number of sulfonamides is 1. The van der Waals surface area contributed by atoms with Crippen LogP contribution in [0.4, 0.5) is 4.79 Å². The molecule has 1 aliphatic rings. The minimum atomic E-state index is -3.78. The summed E-state index contributed by atoms with van der Waals surface area (Å²) in [6, 6.07) is 21.5. The Morgan fingerprint density at radius 3 is 2.42 bits per heavy atom. The van der Waals surface area contributed by atoms with Gasteiger partial charge in [0.2, 0.25) is 15.9 Å². The minimum absolute atomic E-state index is 0.0420. The topological polar surface area (TPSA) is 114 Å². The number of ether oxygens (including phenoxy) is 1. The van der Waals surface area contributed by atoms with Gasteiger partial charge in [-0.1, -0.05) is 74.2 Å². The Kier molecular flexibility index (Phi) is 8.60. The number of rotatable bonds is 11. The summed E-state index contributed by atoms with van der Waals surface area (Å²) < 4.78 is 33.6. The maximum Gasteiger partial charge on any atom is 0.408 e. The molecule has 3 aromatic rings. The third kappa shape index (κ3) is 6.67. The molecule has 198 valence electrons. The summed E-state index contributed by atoms with van der Waals surface area (Å²) in [6.45, 7) is 5.74. The molecule has 0 unspecified atom stereocenters. The van der Waals surface area contributed by atoms with Gasteiger partial charge in [0.05, 0.1) is 4.90 Å². The highest BCUT2D eigenvalue weighted by Gasteiger charge is 2.23. The molecule has 0 saturated carbocycles. The van der Waals surface area contributed by atoms with Crippen molar-refractivity contribution in [1.82, 2.24) is 15.4 Å². The van der Waals surface area contributed by atoms with Crippen LogP contribution in [0.15, 0.2) is 89.8 Å². The lowest BCUT2D eigenvalue weighted by molar-refractivity contribution is -0.122. The number of carbonyl (C=O) groups excluding carboxylic acids is 2. The SMILES string of the molecule is C=C(CNC(=O)[C@H](CC)NC(=O)OCc1ccccc1)CNS(=O)(=O)c1ccc2c(c1)-c1ccccc1C2. The quantitative estimate of drug-likeness (QED) is 0.253. The molecule has 0 radical (unpaired) electrons. The molecule has 0 saturated heterocycles. The predicted octanol–water partition coefficient (Wildman–Crippen LogP) is 3.91. The van der Waals surface area contributed by atoms with E-state index in [9.17, 15) is 18.0 Å². The maximum absolute atomic E-state index is 12.9. The molecular weight excluding hydrogens is 502 g/mol. The Morgan fingerprint density at radius 1 is 0.947 bits per heavy atom. The van der Waals surface area contributed by atoms with Crippen LogP contribution in [0.1, 0.15) is 30.0 Å². The molecule has 3 N–H and O–H groups in total. The van der Waals surface area contributed by atoms with Gasteiger partial charge < -0.3 is 15.4 Å². The van der Waals surface area contributed by atoms with Crippen molar-refractivity contribution in [2.24, 2.45) is 0 Å². The summed E-state index contributed by atoms with van der Waals surface area (Å²) in [6.07, 6.45) is 0.445. The van der Waals surface area contributed by atoms with E-state index in [-0.39, 0.29) is 24.6 Å². The fraction of sp³-hybridized carbons (Fsp3) is 0.241. The molecule has 8 nitrogen and oxygen atoms in total. The van der Waals surface area contributed by atoms with Gasteiger partial charge in [-0.25, -0.2) is 17.9 Å². The monoisotopic (exact) mass is 533 g/mol. The standard InChI is InChI=1S/C29H31N3O5S/c1-3-27(32-29(34)37-19-21-9-5-4-6-10-21)28(33)30-17-20(2)18-31-38(35,36)24-14-13-23-15-22-11-7-8-12-25(22)26(23)16-24/h4-14,16,27,31H,2-3,15,17-19H2,1H3,(H,30,33)(H,32,34)/t27-/m0/s1. The third-order valence-electron chi connectivity index (χ3n) is 6.33. The van der Waals surface area contributed by atoms with Gasteiger partial charge in [0.25, 0.3) is 0 Å². The first-order valence-corrected chi connectivity index (χ1v) is 13.9. The molecule has 1 atom stereocenters. The van der Waals surface area contributed by atoms with Crippen molar-refractivity contribution in [1.29, 1.82) is 0 Å². The van der Waals surface area contributed by atoms with Crippen molar-refractivity contribution in [2.45, 2.75) is 37.3 Å².